The summed E-state index contributed by atoms with van der Waals surface area (Å²) in [6.45, 7) is 4.16. The topological polar surface area (TPSA) is 88.1 Å². The SMILES string of the molecule is Cc1ccc(CC(=O)O)cc1NC(=O)c1c(C)cc(OC[C@@H]2CN(C)c3ccc(Cl)cc3O2)cc1F. The minimum absolute atomic E-state index is 0.109. The number of carboxylic acid groups (broad SMARTS) is 1. The van der Waals surface area contributed by atoms with Gasteiger partial charge in [0.25, 0.3) is 5.91 Å². The molecule has 1 heterocycles. The lowest BCUT2D eigenvalue weighted by Gasteiger charge is -2.33. The summed E-state index contributed by atoms with van der Waals surface area (Å²) in [7, 11) is 1.94. The number of aryl methyl sites for hydroxylation is 2. The number of nitrogens with one attached hydrogen (secondary N) is 1. The first kappa shape index (κ1) is 25.3. The summed E-state index contributed by atoms with van der Waals surface area (Å²) in [4.78, 5) is 25.9. The van der Waals surface area contributed by atoms with E-state index in [9.17, 15) is 9.59 Å². The molecule has 1 atom stereocenters. The third kappa shape index (κ3) is 5.71. The van der Waals surface area contributed by atoms with Crippen LogP contribution in [0.3, 0.4) is 0 Å². The van der Waals surface area contributed by atoms with Crippen molar-refractivity contribution >= 4 is 34.9 Å². The number of carbonyl (C=O) groups excluding carboxylic acids is 1. The summed E-state index contributed by atoms with van der Waals surface area (Å²) < 4.78 is 26.8. The molecule has 1 aliphatic heterocycles. The summed E-state index contributed by atoms with van der Waals surface area (Å²) in [5.41, 5.74) is 2.91. The van der Waals surface area contributed by atoms with Gasteiger partial charge in [-0.2, -0.15) is 0 Å². The lowest BCUT2D eigenvalue weighted by Crippen LogP contribution is -2.41. The molecule has 9 heteroatoms. The van der Waals surface area contributed by atoms with Crippen LogP contribution in [0, 0.1) is 19.7 Å². The number of anilines is 2. The fraction of sp³-hybridized carbons (Fsp3) is 0.259. The molecule has 0 saturated heterocycles. The minimum Gasteiger partial charge on any atom is -0.490 e. The number of amides is 1. The van der Waals surface area contributed by atoms with Crippen LogP contribution in [0.5, 0.6) is 11.5 Å². The highest BCUT2D eigenvalue weighted by atomic mass is 35.5. The number of likely N-dealkylation sites (N-methyl/N-ethyl adjacent to an activating group) is 1. The quantitative estimate of drug-likeness (QED) is 0.449. The van der Waals surface area contributed by atoms with Crippen molar-refractivity contribution < 1.29 is 28.6 Å². The fourth-order valence-corrected chi connectivity index (χ4v) is 4.31. The first-order valence-corrected chi connectivity index (χ1v) is 11.7. The Morgan fingerprint density at radius 1 is 1.17 bits per heavy atom. The molecule has 1 amide bonds. The standard InChI is InChI=1S/C27H26ClFN2O5/c1-15-4-5-17(10-25(32)33)9-22(15)30-27(34)26-16(2)8-19(12-21(26)29)35-14-20-13-31(3)23-7-6-18(28)11-24(23)36-20/h4-9,11-12,20H,10,13-14H2,1-3H3,(H,30,34)(H,32,33)/t20-/m0/s1. The van der Waals surface area contributed by atoms with Gasteiger partial charge < -0.3 is 24.8 Å². The average Bonchev–Trinajstić information content (AvgIpc) is 2.79. The van der Waals surface area contributed by atoms with E-state index in [0.717, 1.165) is 11.3 Å². The Balaban J connectivity index is 1.45. The number of halogens is 2. The van der Waals surface area contributed by atoms with Gasteiger partial charge in [0.05, 0.1) is 24.2 Å². The zero-order chi connectivity index (χ0) is 26.0. The predicted octanol–water partition coefficient (Wildman–Crippen LogP) is 5.25. The molecule has 0 radical (unpaired) electrons. The van der Waals surface area contributed by atoms with Gasteiger partial charge in [-0.05, 0) is 54.8 Å². The Labute approximate surface area is 213 Å². The number of rotatable bonds is 7. The van der Waals surface area contributed by atoms with Crippen molar-refractivity contribution in [2.75, 3.05) is 30.4 Å². The van der Waals surface area contributed by atoms with E-state index in [4.69, 9.17) is 26.2 Å². The first-order chi connectivity index (χ1) is 17.1. The fourth-order valence-electron chi connectivity index (χ4n) is 4.15. The molecule has 4 rings (SSSR count). The first-order valence-electron chi connectivity index (χ1n) is 11.3. The number of aliphatic carboxylic acids is 1. The Morgan fingerprint density at radius 3 is 2.67 bits per heavy atom. The molecule has 0 bridgehead atoms. The Kier molecular flexibility index (Phi) is 7.35. The zero-order valence-corrected chi connectivity index (χ0v) is 20.9. The number of ether oxygens (including phenoxy) is 2. The molecule has 188 valence electrons. The van der Waals surface area contributed by atoms with Crippen molar-refractivity contribution in [1.82, 2.24) is 0 Å². The van der Waals surface area contributed by atoms with E-state index in [1.807, 2.05) is 18.0 Å². The van der Waals surface area contributed by atoms with Gasteiger partial charge >= 0.3 is 5.97 Å². The number of carbonyl (C=O) groups is 2. The van der Waals surface area contributed by atoms with E-state index < -0.39 is 17.7 Å². The van der Waals surface area contributed by atoms with E-state index in [0.29, 0.717) is 34.1 Å². The molecule has 3 aromatic rings. The summed E-state index contributed by atoms with van der Waals surface area (Å²) in [6, 6.07) is 13.2. The van der Waals surface area contributed by atoms with Crippen LogP contribution in [0.4, 0.5) is 15.8 Å². The van der Waals surface area contributed by atoms with E-state index in [2.05, 4.69) is 5.32 Å². The smallest absolute Gasteiger partial charge is 0.307 e. The van der Waals surface area contributed by atoms with Crippen LogP contribution in [0.2, 0.25) is 5.02 Å². The van der Waals surface area contributed by atoms with Crippen LogP contribution in [0.25, 0.3) is 0 Å². The highest BCUT2D eigenvalue weighted by molar-refractivity contribution is 6.30. The largest absolute Gasteiger partial charge is 0.490 e. The lowest BCUT2D eigenvalue weighted by atomic mass is 10.0. The van der Waals surface area contributed by atoms with E-state index in [-0.39, 0.29) is 30.4 Å². The van der Waals surface area contributed by atoms with Gasteiger partial charge in [-0.1, -0.05) is 23.7 Å². The van der Waals surface area contributed by atoms with Gasteiger partial charge in [0.1, 0.15) is 30.0 Å². The van der Waals surface area contributed by atoms with Gasteiger partial charge in [-0.25, -0.2) is 4.39 Å². The molecule has 0 unspecified atom stereocenters. The van der Waals surface area contributed by atoms with E-state index in [1.165, 1.54) is 6.07 Å². The van der Waals surface area contributed by atoms with Crippen molar-refractivity contribution in [1.29, 1.82) is 0 Å². The average molecular weight is 513 g/mol. The highest BCUT2D eigenvalue weighted by Crippen LogP contribution is 2.35. The number of hydrogen-bond donors (Lipinski definition) is 2. The van der Waals surface area contributed by atoms with Crippen molar-refractivity contribution in [3.05, 3.63) is 81.6 Å². The second-order valence-electron chi connectivity index (χ2n) is 8.81. The van der Waals surface area contributed by atoms with Crippen LogP contribution in [-0.2, 0) is 11.2 Å². The molecule has 0 aliphatic carbocycles. The normalized spacial score (nSPS) is 14.6. The minimum atomic E-state index is -0.980. The molecule has 0 fully saturated rings. The zero-order valence-electron chi connectivity index (χ0n) is 20.1. The molecular formula is C27H26ClFN2O5. The number of benzene rings is 3. The number of fused-ring (bicyclic) bond motifs is 1. The van der Waals surface area contributed by atoms with Gasteiger partial charge in [0.15, 0.2) is 0 Å². The highest BCUT2D eigenvalue weighted by Gasteiger charge is 2.25. The molecule has 36 heavy (non-hydrogen) atoms. The maximum absolute atomic E-state index is 15.0. The monoisotopic (exact) mass is 512 g/mol. The molecule has 0 saturated carbocycles. The van der Waals surface area contributed by atoms with Crippen LogP contribution in [-0.4, -0.2) is 43.3 Å². The molecule has 7 nitrogen and oxygen atoms in total. The lowest BCUT2D eigenvalue weighted by molar-refractivity contribution is -0.136. The van der Waals surface area contributed by atoms with Crippen LogP contribution in [0.15, 0.2) is 48.5 Å². The molecule has 0 aromatic heterocycles. The van der Waals surface area contributed by atoms with E-state index >= 15 is 4.39 Å². The van der Waals surface area contributed by atoms with Crippen molar-refractivity contribution in [2.24, 2.45) is 0 Å². The van der Waals surface area contributed by atoms with Crippen molar-refractivity contribution in [2.45, 2.75) is 26.4 Å². The Bertz CT molecular complexity index is 1310. The van der Waals surface area contributed by atoms with Crippen molar-refractivity contribution in [3.8, 4) is 11.5 Å². The van der Waals surface area contributed by atoms with Crippen LogP contribution >= 0.6 is 11.6 Å². The molecule has 1 aliphatic rings. The summed E-state index contributed by atoms with van der Waals surface area (Å²) in [5.74, 6) is -1.39. The maximum Gasteiger partial charge on any atom is 0.307 e. The third-order valence-corrected chi connectivity index (χ3v) is 6.17. The van der Waals surface area contributed by atoms with Gasteiger partial charge in [-0.15, -0.1) is 0 Å². The van der Waals surface area contributed by atoms with Gasteiger partial charge in [0.2, 0.25) is 0 Å². The van der Waals surface area contributed by atoms with Crippen LogP contribution < -0.4 is 19.7 Å². The molecule has 2 N–H and O–H groups in total. The Morgan fingerprint density at radius 2 is 1.94 bits per heavy atom. The number of nitrogens with zero attached hydrogens (tertiary/aromatic N) is 1. The molecule has 0 spiro atoms. The number of carboxylic acids is 1. The molecule has 3 aromatic carbocycles. The van der Waals surface area contributed by atoms with Crippen molar-refractivity contribution in [3.63, 3.8) is 0 Å². The van der Waals surface area contributed by atoms with Gasteiger partial charge in [0, 0.05) is 29.9 Å². The predicted molar refractivity (Wildman–Crippen MR) is 136 cm³/mol. The van der Waals surface area contributed by atoms with E-state index in [1.54, 1.807) is 50.2 Å². The second-order valence-corrected chi connectivity index (χ2v) is 9.25. The summed E-state index contributed by atoms with van der Waals surface area (Å²) in [6.07, 6.45) is -0.477. The molecular weight excluding hydrogens is 487 g/mol. The third-order valence-electron chi connectivity index (χ3n) is 5.93. The summed E-state index contributed by atoms with van der Waals surface area (Å²) >= 11 is 6.08. The number of hydrogen-bond acceptors (Lipinski definition) is 5. The summed E-state index contributed by atoms with van der Waals surface area (Å²) in [5, 5.41) is 12.3. The van der Waals surface area contributed by atoms with Gasteiger partial charge in [-0.3, -0.25) is 9.59 Å². The maximum atomic E-state index is 15.0. The Hall–Kier alpha value is -3.78. The van der Waals surface area contributed by atoms with Crippen LogP contribution in [0.1, 0.15) is 27.0 Å². The second kappa shape index (κ2) is 10.5.